The van der Waals surface area contributed by atoms with Crippen LogP contribution in [0, 0.1) is 5.92 Å². The molecular weight excluding hydrogens is 432 g/mol. The van der Waals surface area contributed by atoms with Crippen LogP contribution in [0.1, 0.15) is 73.5 Å². The number of benzene rings is 1. The number of hydrogen-bond acceptors (Lipinski definition) is 3. The first-order valence-corrected chi connectivity index (χ1v) is 12.0. The second-order valence-electron chi connectivity index (χ2n) is 7.67. The molecule has 2 unspecified atom stereocenters. The van der Waals surface area contributed by atoms with Crippen LogP contribution in [0.25, 0.3) is 0 Å². The molecule has 1 aromatic heterocycles. The van der Waals surface area contributed by atoms with Crippen molar-refractivity contribution in [1.29, 1.82) is 0 Å². The number of rotatable bonds is 10. The number of unbranched alkanes of at least 4 members (excludes halogenated alkanes) is 2. The molecule has 4 heteroatoms. The summed E-state index contributed by atoms with van der Waals surface area (Å²) in [6, 6.07) is 12.5. The Kier molecular flexibility index (Phi) is 8.07. The van der Waals surface area contributed by atoms with Crippen LogP contribution in [0.3, 0.4) is 0 Å². The van der Waals surface area contributed by atoms with E-state index in [2.05, 4.69) is 52.5 Å². The van der Waals surface area contributed by atoms with Gasteiger partial charge in [0.2, 0.25) is 0 Å². The lowest BCUT2D eigenvalue weighted by Crippen LogP contribution is -2.15. The van der Waals surface area contributed by atoms with Crippen LogP contribution in [0.2, 0.25) is 0 Å². The SMILES string of the molecule is CCCCCC(O)c1ccc(C2C(Br)=CC(=O)[C@@H]2CCCc2cccs2)cc1. The van der Waals surface area contributed by atoms with Crippen molar-refractivity contribution in [3.8, 4) is 0 Å². The molecule has 0 radical (unpaired) electrons. The van der Waals surface area contributed by atoms with E-state index in [9.17, 15) is 9.90 Å². The van der Waals surface area contributed by atoms with Gasteiger partial charge in [-0.3, -0.25) is 4.79 Å². The molecule has 28 heavy (non-hydrogen) atoms. The van der Waals surface area contributed by atoms with Crippen LogP contribution in [0.4, 0.5) is 0 Å². The fourth-order valence-corrected chi connectivity index (χ4v) is 5.58. The van der Waals surface area contributed by atoms with Crippen molar-refractivity contribution in [3.05, 3.63) is 68.3 Å². The minimum atomic E-state index is -0.397. The first-order chi connectivity index (χ1) is 13.6. The molecule has 0 bridgehead atoms. The summed E-state index contributed by atoms with van der Waals surface area (Å²) in [5.41, 5.74) is 2.12. The number of allylic oxidation sites excluding steroid dienone is 2. The Morgan fingerprint density at radius 1 is 1.14 bits per heavy atom. The highest BCUT2D eigenvalue weighted by Crippen LogP contribution is 2.43. The summed E-state index contributed by atoms with van der Waals surface area (Å²) >= 11 is 5.42. The van der Waals surface area contributed by atoms with Gasteiger partial charge in [0.1, 0.15) is 0 Å². The standard InChI is InChI=1S/C24H29BrO2S/c1-2-3-4-10-22(26)17-11-13-18(14-12-17)24-20(23(27)16-21(24)25)9-5-7-19-8-6-15-28-19/h6,8,11-16,20,22,24,26H,2-5,7,9-10H2,1H3/t20-,22?,24?/m0/s1. The monoisotopic (exact) mass is 460 g/mol. The highest BCUT2D eigenvalue weighted by Gasteiger charge is 2.35. The lowest BCUT2D eigenvalue weighted by molar-refractivity contribution is -0.117. The van der Waals surface area contributed by atoms with E-state index < -0.39 is 6.10 Å². The van der Waals surface area contributed by atoms with Gasteiger partial charge in [0.15, 0.2) is 5.78 Å². The van der Waals surface area contributed by atoms with Crippen molar-refractivity contribution < 1.29 is 9.90 Å². The molecule has 0 spiro atoms. The van der Waals surface area contributed by atoms with Crippen LogP contribution in [0.5, 0.6) is 0 Å². The molecule has 150 valence electrons. The van der Waals surface area contributed by atoms with Gasteiger partial charge in [-0.2, -0.15) is 0 Å². The normalized spacial score (nSPS) is 20.4. The van der Waals surface area contributed by atoms with Gasteiger partial charge in [-0.1, -0.05) is 72.4 Å². The molecule has 3 atom stereocenters. The Balaban J connectivity index is 1.63. The molecule has 1 aliphatic carbocycles. The minimum absolute atomic E-state index is 0.00895. The highest BCUT2D eigenvalue weighted by molar-refractivity contribution is 9.11. The number of hydrogen-bond donors (Lipinski definition) is 1. The number of carbonyl (C=O) groups is 1. The molecule has 0 fully saturated rings. The van der Waals surface area contributed by atoms with Crippen LogP contribution in [-0.4, -0.2) is 10.9 Å². The highest BCUT2D eigenvalue weighted by atomic mass is 79.9. The van der Waals surface area contributed by atoms with E-state index in [-0.39, 0.29) is 17.6 Å². The molecular formula is C24H29BrO2S. The van der Waals surface area contributed by atoms with Gasteiger partial charge >= 0.3 is 0 Å². The second kappa shape index (κ2) is 10.5. The zero-order chi connectivity index (χ0) is 19.9. The van der Waals surface area contributed by atoms with Crippen LogP contribution >= 0.6 is 27.3 Å². The topological polar surface area (TPSA) is 37.3 Å². The summed E-state index contributed by atoms with van der Waals surface area (Å²) in [5, 5.41) is 12.5. The Morgan fingerprint density at radius 3 is 2.61 bits per heavy atom. The van der Waals surface area contributed by atoms with E-state index in [0.717, 1.165) is 60.6 Å². The minimum Gasteiger partial charge on any atom is -0.388 e. The first-order valence-electron chi connectivity index (χ1n) is 10.3. The molecule has 3 rings (SSSR count). The van der Waals surface area contributed by atoms with E-state index >= 15 is 0 Å². The van der Waals surface area contributed by atoms with Crippen molar-refractivity contribution in [2.24, 2.45) is 5.92 Å². The van der Waals surface area contributed by atoms with E-state index in [1.165, 1.54) is 4.88 Å². The van der Waals surface area contributed by atoms with E-state index in [0.29, 0.717) is 0 Å². The summed E-state index contributed by atoms with van der Waals surface area (Å²) in [6.45, 7) is 2.17. The van der Waals surface area contributed by atoms with Gasteiger partial charge < -0.3 is 5.11 Å². The smallest absolute Gasteiger partial charge is 0.160 e. The lowest BCUT2D eigenvalue weighted by atomic mass is 9.84. The van der Waals surface area contributed by atoms with E-state index in [1.54, 1.807) is 17.4 Å². The third-order valence-corrected chi connectivity index (χ3v) is 7.28. The maximum Gasteiger partial charge on any atom is 0.160 e. The maximum atomic E-state index is 12.5. The summed E-state index contributed by atoms with van der Waals surface area (Å²) < 4.78 is 0.981. The number of carbonyl (C=O) groups excluding carboxylic acids is 1. The molecule has 0 amide bonds. The quantitative estimate of drug-likeness (QED) is 0.389. The summed E-state index contributed by atoms with van der Waals surface area (Å²) in [4.78, 5) is 13.9. The van der Waals surface area contributed by atoms with Gasteiger partial charge in [0.25, 0.3) is 0 Å². The van der Waals surface area contributed by atoms with Gasteiger partial charge in [-0.25, -0.2) is 0 Å². The van der Waals surface area contributed by atoms with Crippen LogP contribution in [0.15, 0.2) is 52.3 Å². The molecule has 2 aromatic rings. The van der Waals surface area contributed by atoms with Crippen molar-refractivity contribution in [1.82, 2.24) is 0 Å². The van der Waals surface area contributed by atoms with Gasteiger partial charge in [0.05, 0.1) is 6.10 Å². The Morgan fingerprint density at radius 2 is 1.93 bits per heavy atom. The molecule has 2 nitrogen and oxygen atoms in total. The molecule has 0 saturated heterocycles. The van der Waals surface area contributed by atoms with Crippen molar-refractivity contribution in [2.45, 2.75) is 63.9 Å². The van der Waals surface area contributed by atoms with Gasteiger partial charge in [-0.05, 0) is 54.3 Å². The average molecular weight is 461 g/mol. The zero-order valence-corrected chi connectivity index (χ0v) is 18.8. The molecule has 1 N–H and O–H groups in total. The van der Waals surface area contributed by atoms with E-state index in [4.69, 9.17) is 0 Å². The third-order valence-electron chi connectivity index (χ3n) is 5.62. The average Bonchev–Trinajstić information content (AvgIpc) is 3.30. The predicted molar refractivity (Wildman–Crippen MR) is 121 cm³/mol. The summed E-state index contributed by atoms with van der Waals surface area (Å²) in [5.74, 6) is 0.337. The second-order valence-corrected chi connectivity index (χ2v) is 9.61. The number of aryl methyl sites for hydroxylation is 1. The predicted octanol–water partition coefficient (Wildman–Crippen LogP) is 6.95. The fraction of sp³-hybridized carbons (Fsp3) is 0.458. The summed E-state index contributed by atoms with van der Waals surface area (Å²) in [7, 11) is 0. The number of halogens is 1. The fourth-order valence-electron chi connectivity index (χ4n) is 4.02. The Hall–Kier alpha value is -1.23. The first kappa shape index (κ1) is 21.5. The Bertz CT molecular complexity index is 779. The molecule has 1 aromatic carbocycles. The number of aliphatic hydroxyl groups excluding tert-OH is 1. The van der Waals surface area contributed by atoms with Crippen molar-refractivity contribution in [2.75, 3.05) is 0 Å². The van der Waals surface area contributed by atoms with E-state index in [1.807, 2.05) is 12.1 Å². The molecule has 1 heterocycles. The van der Waals surface area contributed by atoms with Crippen molar-refractivity contribution in [3.63, 3.8) is 0 Å². The Labute approximate surface area is 180 Å². The van der Waals surface area contributed by atoms with Crippen LogP contribution < -0.4 is 0 Å². The molecule has 1 aliphatic rings. The largest absolute Gasteiger partial charge is 0.388 e. The maximum absolute atomic E-state index is 12.5. The molecule has 0 aliphatic heterocycles. The zero-order valence-electron chi connectivity index (χ0n) is 16.4. The number of thiophene rings is 1. The van der Waals surface area contributed by atoms with Gasteiger partial charge in [-0.15, -0.1) is 11.3 Å². The number of aliphatic hydroxyl groups is 1. The molecule has 0 saturated carbocycles. The van der Waals surface area contributed by atoms with Gasteiger partial charge in [0, 0.05) is 21.2 Å². The third kappa shape index (κ3) is 5.43. The van der Waals surface area contributed by atoms with Crippen molar-refractivity contribution >= 4 is 33.0 Å². The lowest BCUT2D eigenvalue weighted by Gasteiger charge is -2.21. The summed E-state index contributed by atoms with van der Waals surface area (Å²) in [6.07, 6.45) is 8.50. The van der Waals surface area contributed by atoms with Crippen LogP contribution in [-0.2, 0) is 11.2 Å². The number of ketones is 1.